The van der Waals surface area contributed by atoms with E-state index in [1.54, 1.807) is 18.3 Å². The average Bonchev–Trinajstić information content (AvgIpc) is 2.35. The molecule has 0 unspecified atom stereocenters. The second-order valence-corrected chi connectivity index (χ2v) is 4.83. The van der Waals surface area contributed by atoms with E-state index in [1.807, 2.05) is 13.0 Å². The number of halogens is 2. The number of aliphatic hydroxyl groups is 1. The summed E-state index contributed by atoms with van der Waals surface area (Å²) in [6, 6.07) is 5.33. The minimum atomic E-state index is -0.0876. The van der Waals surface area contributed by atoms with Crippen LogP contribution in [0, 0.1) is 6.92 Å². The number of aromatic nitrogens is 2. The third kappa shape index (κ3) is 2.99. The van der Waals surface area contributed by atoms with Gasteiger partial charge in [0.2, 0.25) is 0 Å². The normalized spacial score (nSPS) is 10.7. The van der Waals surface area contributed by atoms with Gasteiger partial charge in [-0.1, -0.05) is 29.3 Å². The van der Waals surface area contributed by atoms with Gasteiger partial charge in [-0.25, -0.2) is 9.97 Å². The van der Waals surface area contributed by atoms with Crippen molar-refractivity contribution in [3.63, 3.8) is 0 Å². The van der Waals surface area contributed by atoms with Crippen molar-refractivity contribution in [3.8, 4) is 0 Å². The largest absolute Gasteiger partial charge is 0.390 e. The molecule has 0 fully saturated rings. The summed E-state index contributed by atoms with van der Waals surface area (Å²) < 4.78 is 0. The summed E-state index contributed by atoms with van der Waals surface area (Å²) >= 11 is 11.9. The molecular formula is C13H12Cl2N2O. The minimum absolute atomic E-state index is 0.0876. The Kier molecular flexibility index (Phi) is 4.17. The average molecular weight is 283 g/mol. The molecule has 2 rings (SSSR count). The Morgan fingerprint density at radius 1 is 1.28 bits per heavy atom. The predicted molar refractivity (Wildman–Crippen MR) is 72.0 cm³/mol. The number of aryl methyl sites for hydroxylation is 1. The molecular weight excluding hydrogens is 271 g/mol. The summed E-state index contributed by atoms with van der Waals surface area (Å²) in [4.78, 5) is 8.53. The molecule has 0 radical (unpaired) electrons. The fourth-order valence-corrected chi connectivity index (χ4v) is 2.07. The van der Waals surface area contributed by atoms with Gasteiger partial charge in [0.15, 0.2) is 0 Å². The van der Waals surface area contributed by atoms with Crippen LogP contribution in [0.5, 0.6) is 0 Å². The SMILES string of the molecule is Cc1cnc(Cc2ccc(Cl)cc2Cl)nc1CO. The Labute approximate surface area is 115 Å². The maximum absolute atomic E-state index is 9.17. The molecule has 1 heterocycles. The first-order valence-corrected chi connectivity index (χ1v) is 6.22. The molecule has 0 amide bonds. The summed E-state index contributed by atoms with van der Waals surface area (Å²) in [7, 11) is 0. The van der Waals surface area contributed by atoms with E-state index in [9.17, 15) is 0 Å². The van der Waals surface area contributed by atoms with Gasteiger partial charge in [-0.2, -0.15) is 0 Å². The quantitative estimate of drug-likeness (QED) is 0.941. The molecule has 18 heavy (non-hydrogen) atoms. The van der Waals surface area contributed by atoms with Gasteiger partial charge in [-0.05, 0) is 30.2 Å². The van der Waals surface area contributed by atoms with Crippen LogP contribution >= 0.6 is 23.2 Å². The predicted octanol–water partition coefficient (Wildman–Crippen LogP) is 3.17. The number of rotatable bonds is 3. The monoisotopic (exact) mass is 282 g/mol. The third-order valence-corrected chi connectivity index (χ3v) is 3.23. The van der Waals surface area contributed by atoms with Crippen LogP contribution in [0.25, 0.3) is 0 Å². The summed E-state index contributed by atoms with van der Waals surface area (Å²) in [5.74, 6) is 0.633. The highest BCUT2D eigenvalue weighted by Gasteiger charge is 2.07. The minimum Gasteiger partial charge on any atom is -0.390 e. The topological polar surface area (TPSA) is 46.0 Å². The molecule has 0 atom stereocenters. The zero-order chi connectivity index (χ0) is 13.1. The van der Waals surface area contributed by atoms with Crippen LogP contribution in [-0.2, 0) is 13.0 Å². The van der Waals surface area contributed by atoms with E-state index in [-0.39, 0.29) is 6.61 Å². The standard InChI is InChI=1S/C13H12Cl2N2O/c1-8-6-16-13(17-12(8)7-18)4-9-2-3-10(14)5-11(9)15/h2-3,5-6,18H,4,7H2,1H3. The lowest BCUT2D eigenvalue weighted by atomic mass is 10.1. The second kappa shape index (κ2) is 5.65. The Bertz CT molecular complexity index is 573. The number of hydrogen-bond donors (Lipinski definition) is 1. The first-order chi connectivity index (χ1) is 8.60. The lowest BCUT2D eigenvalue weighted by molar-refractivity contribution is 0.275. The number of hydrogen-bond acceptors (Lipinski definition) is 3. The smallest absolute Gasteiger partial charge is 0.133 e. The van der Waals surface area contributed by atoms with Crippen molar-refractivity contribution in [1.29, 1.82) is 0 Å². The van der Waals surface area contributed by atoms with Crippen molar-refractivity contribution >= 4 is 23.2 Å². The van der Waals surface area contributed by atoms with Gasteiger partial charge >= 0.3 is 0 Å². The van der Waals surface area contributed by atoms with Crippen LogP contribution in [0.15, 0.2) is 24.4 Å². The molecule has 94 valence electrons. The van der Waals surface area contributed by atoms with Gasteiger partial charge < -0.3 is 5.11 Å². The van der Waals surface area contributed by atoms with E-state index in [0.717, 1.165) is 11.1 Å². The molecule has 0 aliphatic heterocycles. The lowest BCUT2D eigenvalue weighted by Gasteiger charge is -2.06. The van der Waals surface area contributed by atoms with Crippen LogP contribution in [0.2, 0.25) is 10.0 Å². The van der Waals surface area contributed by atoms with Crippen molar-refractivity contribution < 1.29 is 5.11 Å². The highest BCUT2D eigenvalue weighted by molar-refractivity contribution is 6.35. The van der Waals surface area contributed by atoms with Crippen LogP contribution in [0.1, 0.15) is 22.6 Å². The first-order valence-electron chi connectivity index (χ1n) is 5.46. The van der Waals surface area contributed by atoms with E-state index >= 15 is 0 Å². The summed E-state index contributed by atoms with van der Waals surface area (Å²) in [6.45, 7) is 1.78. The third-order valence-electron chi connectivity index (χ3n) is 2.64. The summed E-state index contributed by atoms with van der Waals surface area (Å²) in [6.07, 6.45) is 2.22. The van der Waals surface area contributed by atoms with Crippen molar-refractivity contribution in [2.45, 2.75) is 20.0 Å². The van der Waals surface area contributed by atoms with E-state index in [2.05, 4.69) is 9.97 Å². The van der Waals surface area contributed by atoms with Gasteiger partial charge in [0.1, 0.15) is 5.82 Å². The Hall–Kier alpha value is -1.16. The lowest BCUT2D eigenvalue weighted by Crippen LogP contribution is -2.03. The Balaban J connectivity index is 2.28. The number of aliphatic hydroxyl groups excluding tert-OH is 1. The molecule has 0 saturated heterocycles. The van der Waals surface area contributed by atoms with Crippen molar-refractivity contribution in [1.82, 2.24) is 9.97 Å². The van der Waals surface area contributed by atoms with Crippen LogP contribution in [-0.4, -0.2) is 15.1 Å². The maximum Gasteiger partial charge on any atom is 0.133 e. The highest BCUT2D eigenvalue weighted by atomic mass is 35.5. The number of nitrogens with zero attached hydrogens (tertiary/aromatic N) is 2. The summed E-state index contributed by atoms with van der Waals surface area (Å²) in [5.41, 5.74) is 2.43. The second-order valence-electron chi connectivity index (χ2n) is 3.99. The van der Waals surface area contributed by atoms with E-state index in [1.165, 1.54) is 0 Å². The zero-order valence-corrected chi connectivity index (χ0v) is 11.3. The van der Waals surface area contributed by atoms with Gasteiger partial charge in [-0.3, -0.25) is 0 Å². The van der Waals surface area contributed by atoms with E-state index < -0.39 is 0 Å². The number of benzene rings is 1. The Morgan fingerprint density at radius 3 is 2.72 bits per heavy atom. The molecule has 2 aromatic rings. The van der Waals surface area contributed by atoms with Crippen LogP contribution in [0.3, 0.4) is 0 Å². The summed E-state index contributed by atoms with van der Waals surface area (Å²) in [5, 5.41) is 10.4. The molecule has 0 saturated carbocycles. The molecule has 0 aliphatic carbocycles. The van der Waals surface area contributed by atoms with E-state index in [0.29, 0.717) is 28.0 Å². The Morgan fingerprint density at radius 2 is 2.06 bits per heavy atom. The van der Waals surface area contributed by atoms with Crippen molar-refractivity contribution in [2.75, 3.05) is 0 Å². The van der Waals surface area contributed by atoms with Gasteiger partial charge in [0, 0.05) is 22.7 Å². The molecule has 0 spiro atoms. The molecule has 0 aliphatic rings. The van der Waals surface area contributed by atoms with E-state index in [4.69, 9.17) is 28.3 Å². The van der Waals surface area contributed by atoms with Crippen LogP contribution in [0.4, 0.5) is 0 Å². The maximum atomic E-state index is 9.17. The molecule has 5 heteroatoms. The molecule has 1 aromatic heterocycles. The van der Waals surface area contributed by atoms with Crippen LogP contribution < -0.4 is 0 Å². The fraction of sp³-hybridized carbons (Fsp3) is 0.231. The van der Waals surface area contributed by atoms with Gasteiger partial charge in [0.05, 0.1) is 12.3 Å². The van der Waals surface area contributed by atoms with Crippen molar-refractivity contribution in [2.24, 2.45) is 0 Å². The molecule has 3 nitrogen and oxygen atoms in total. The van der Waals surface area contributed by atoms with Gasteiger partial charge in [0.25, 0.3) is 0 Å². The molecule has 1 aromatic carbocycles. The van der Waals surface area contributed by atoms with Gasteiger partial charge in [-0.15, -0.1) is 0 Å². The fourth-order valence-electron chi connectivity index (χ4n) is 1.60. The first kappa shape index (κ1) is 13.3. The highest BCUT2D eigenvalue weighted by Crippen LogP contribution is 2.22. The molecule has 0 bridgehead atoms. The molecule has 1 N–H and O–H groups in total. The van der Waals surface area contributed by atoms with Crippen molar-refractivity contribution in [3.05, 3.63) is 57.1 Å². The zero-order valence-electron chi connectivity index (χ0n) is 9.82.